The van der Waals surface area contributed by atoms with Crippen molar-refractivity contribution in [1.82, 2.24) is 15.5 Å². The first-order chi connectivity index (χ1) is 14.3. The van der Waals surface area contributed by atoms with E-state index < -0.39 is 12.1 Å². The molecule has 0 unspecified atom stereocenters. The van der Waals surface area contributed by atoms with Gasteiger partial charge in [0.1, 0.15) is 12.4 Å². The Balaban J connectivity index is 1.44. The van der Waals surface area contributed by atoms with Crippen LogP contribution in [0.25, 0.3) is 17.5 Å². The number of nitrogens with zero attached hydrogens (tertiary/aromatic N) is 2. The van der Waals surface area contributed by atoms with Crippen LogP contribution in [0.3, 0.4) is 0 Å². The molecule has 1 aromatic heterocycles. The Bertz CT molecular complexity index is 1030. The van der Waals surface area contributed by atoms with Gasteiger partial charge in [0.2, 0.25) is 11.7 Å². The van der Waals surface area contributed by atoms with Crippen LogP contribution in [-0.2, 0) is 11.0 Å². The number of ether oxygens (including phenoxy) is 1. The molecule has 0 aliphatic heterocycles. The molecule has 0 atom stereocenters. The standard InChI is InChI=1S/C21H18F3N3O3/c1-14-3-2-4-15(13-14)5-10-18(28)25-11-12-29-17-8-6-16(7-9-17)19-26-20(30-27-19)21(22,23)24/h2-10,13H,11-12H2,1H3,(H,25,28). The summed E-state index contributed by atoms with van der Waals surface area (Å²) in [6, 6.07) is 13.9. The fourth-order valence-corrected chi connectivity index (χ4v) is 2.50. The second kappa shape index (κ2) is 9.25. The third kappa shape index (κ3) is 5.94. The average Bonchev–Trinajstić information content (AvgIpc) is 3.21. The van der Waals surface area contributed by atoms with Crippen molar-refractivity contribution in [2.45, 2.75) is 13.1 Å². The molecule has 0 saturated heterocycles. The Morgan fingerprint density at radius 1 is 1.20 bits per heavy atom. The Hall–Kier alpha value is -3.62. The van der Waals surface area contributed by atoms with E-state index in [-0.39, 0.29) is 18.3 Å². The second-order valence-corrected chi connectivity index (χ2v) is 6.33. The van der Waals surface area contributed by atoms with Gasteiger partial charge in [-0.3, -0.25) is 4.79 Å². The van der Waals surface area contributed by atoms with E-state index in [9.17, 15) is 18.0 Å². The number of nitrogens with one attached hydrogen (secondary N) is 1. The van der Waals surface area contributed by atoms with Crippen LogP contribution in [0.4, 0.5) is 13.2 Å². The molecule has 30 heavy (non-hydrogen) atoms. The van der Waals surface area contributed by atoms with Gasteiger partial charge in [0.05, 0.1) is 6.54 Å². The molecule has 6 nitrogen and oxygen atoms in total. The van der Waals surface area contributed by atoms with Crippen molar-refractivity contribution < 1.29 is 27.2 Å². The number of aryl methyl sites for hydroxylation is 1. The van der Waals surface area contributed by atoms with E-state index in [1.807, 2.05) is 31.2 Å². The lowest BCUT2D eigenvalue weighted by molar-refractivity contribution is -0.159. The van der Waals surface area contributed by atoms with E-state index in [1.165, 1.54) is 18.2 Å². The topological polar surface area (TPSA) is 77.2 Å². The van der Waals surface area contributed by atoms with Crippen LogP contribution in [0.1, 0.15) is 17.0 Å². The number of alkyl halides is 3. The summed E-state index contributed by atoms with van der Waals surface area (Å²) in [6.07, 6.45) is -1.51. The Kier molecular flexibility index (Phi) is 6.51. The highest BCUT2D eigenvalue weighted by atomic mass is 19.4. The number of rotatable bonds is 7. The summed E-state index contributed by atoms with van der Waals surface area (Å²) >= 11 is 0. The van der Waals surface area contributed by atoms with Gasteiger partial charge in [0.15, 0.2) is 0 Å². The minimum Gasteiger partial charge on any atom is -0.492 e. The molecule has 1 heterocycles. The van der Waals surface area contributed by atoms with Gasteiger partial charge in [-0.05, 0) is 42.8 Å². The fourth-order valence-electron chi connectivity index (χ4n) is 2.50. The van der Waals surface area contributed by atoms with E-state index in [4.69, 9.17) is 4.74 Å². The summed E-state index contributed by atoms with van der Waals surface area (Å²) in [4.78, 5) is 15.2. The van der Waals surface area contributed by atoms with E-state index in [2.05, 4.69) is 20.0 Å². The van der Waals surface area contributed by atoms with E-state index >= 15 is 0 Å². The van der Waals surface area contributed by atoms with E-state index in [0.29, 0.717) is 17.9 Å². The van der Waals surface area contributed by atoms with Crippen molar-refractivity contribution in [3.05, 3.63) is 71.6 Å². The molecule has 2 aromatic carbocycles. The van der Waals surface area contributed by atoms with Crippen LogP contribution in [0.2, 0.25) is 0 Å². The zero-order valence-electron chi connectivity index (χ0n) is 15.9. The minimum atomic E-state index is -4.69. The van der Waals surface area contributed by atoms with Gasteiger partial charge >= 0.3 is 12.1 Å². The van der Waals surface area contributed by atoms with Crippen LogP contribution < -0.4 is 10.1 Å². The fraction of sp³-hybridized carbons (Fsp3) is 0.190. The number of carbonyl (C=O) groups is 1. The summed E-state index contributed by atoms with van der Waals surface area (Å²) in [5.41, 5.74) is 2.40. The van der Waals surface area contributed by atoms with Crippen molar-refractivity contribution in [3.8, 4) is 17.1 Å². The van der Waals surface area contributed by atoms with Gasteiger partial charge in [-0.2, -0.15) is 18.2 Å². The van der Waals surface area contributed by atoms with Crippen LogP contribution in [-0.4, -0.2) is 29.2 Å². The number of halogens is 3. The molecule has 0 spiro atoms. The second-order valence-electron chi connectivity index (χ2n) is 6.33. The molecule has 156 valence electrons. The lowest BCUT2D eigenvalue weighted by atomic mass is 10.1. The van der Waals surface area contributed by atoms with Gasteiger partial charge in [0, 0.05) is 11.6 Å². The molecule has 0 aliphatic carbocycles. The van der Waals surface area contributed by atoms with Gasteiger partial charge in [-0.15, -0.1) is 0 Å². The van der Waals surface area contributed by atoms with Gasteiger partial charge in [-0.1, -0.05) is 35.0 Å². The van der Waals surface area contributed by atoms with Crippen LogP contribution >= 0.6 is 0 Å². The summed E-state index contributed by atoms with van der Waals surface area (Å²) in [5, 5.41) is 6.02. The normalized spacial score (nSPS) is 11.6. The third-order valence-corrected chi connectivity index (χ3v) is 3.92. The number of carbonyl (C=O) groups excluding carboxylic acids is 1. The summed E-state index contributed by atoms with van der Waals surface area (Å²) in [5.74, 6) is -1.32. The van der Waals surface area contributed by atoms with Crippen LogP contribution in [0, 0.1) is 6.92 Å². The third-order valence-electron chi connectivity index (χ3n) is 3.92. The van der Waals surface area contributed by atoms with Gasteiger partial charge in [-0.25, -0.2) is 0 Å². The van der Waals surface area contributed by atoms with Crippen molar-refractivity contribution in [1.29, 1.82) is 0 Å². The quantitative estimate of drug-likeness (QED) is 0.459. The van der Waals surface area contributed by atoms with E-state index in [0.717, 1.165) is 11.1 Å². The largest absolute Gasteiger partial charge is 0.492 e. The molecule has 0 saturated carbocycles. The van der Waals surface area contributed by atoms with Gasteiger partial charge < -0.3 is 14.6 Å². The average molecular weight is 417 g/mol. The Morgan fingerprint density at radius 2 is 1.97 bits per heavy atom. The number of benzene rings is 2. The molecule has 1 amide bonds. The zero-order valence-corrected chi connectivity index (χ0v) is 15.9. The molecule has 1 N–H and O–H groups in total. The maximum absolute atomic E-state index is 12.5. The first-order valence-corrected chi connectivity index (χ1v) is 8.98. The highest BCUT2D eigenvalue weighted by Gasteiger charge is 2.38. The van der Waals surface area contributed by atoms with Crippen molar-refractivity contribution >= 4 is 12.0 Å². The molecular weight excluding hydrogens is 399 g/mol. The van der Waals surface area contributed by atoms with Crippen LogP contribution in [0.15, 0.2) is 59.1 Å². The first-order valence-electron chi connectivity index (χ1n) is 8.98. The minimum absolute atomic E-state index is 0.165. The summed E-state index contributed by atoms with van der Waals surface area (Å²) in [6.45, 7) is 2.49. The SMILES string of the molecule is Cc1cccc(C=CC(=O)NCCOc2ccc(-c3noc(C(F)(F)F)n3)cc2)c1. The molecule has 3 aromatic rings. The maximum atomic E-state index is 12.5. The van der Waals surface area contributed by atoms with Crippen molar-refractivity contribution in [2.75, 3.05) is 13.2 Å². The monoisotopic (exact) mass is 417 g/mol. The van der Waals surface area contributed by atoms with Crippen molar-refractivity contribution in [2.24, 2.45) is 0 Å². The zero-order chi connectivity index (χ0) is 21.6. The molecular formula is C21H18F3N3O3. The predicted molar refractivity (Wildman–Crippen MR) is 103 cm³/mol. The number of hydrogen-bond donors (Lipinski definition) is 1. The molecule has 0 aliphatic rings. The summed E-state index contributed by atoms with van der Waals surface area (Å²) in [7, 11) is 0. The smallest absolute Gasteiger partial charge is 0.471 e. The van der Waals surface area contributed by atoms with Gasteiger partial charge in [0.25, 0.3) is 0 Å². The maximum Gasteiger partial charge on any atom is 0.471 e. The lowest BCUT2D eigenvalue weighted by Gasteiger charge is -2.07. The molecule has 0 bridgehead atoms. The number of aromatic nitrogens is 2. The first kappa shape index (κ1) is 21.1. The number of hydrogen-bond acceptors (Lipinski definition) is 5. The molecule has 3 rings (SSSR count). The van der Waals surface area contributed by atoms with E-state index in [1.54, 1.807) is 18.2 Å². The Labute approximate surface area is 170 Å². The number of amides is 1. The summed E-state index contributed by atoms with van der Waals surface area (Å²) < 4.78 is 47.2. The molecule has 0 radical (unpaired) electrons. The molecule has 9 heteroatoms. The highest BCUT2D eigenvalue weighted by Crippen LogP contribution is 2.29. The van der Waals surface area contributed by atoms with Crippen LogP contribution in [0.5, 0.6) is 5.75 Å². The molecule has 0 fully saturated rings. The lowest BCUT2D eigenvalue weighted by Crippen LogP contribution is -2.26. The Morgan fingerprint density at radius 3 is 2.63 bits per heavy atom. The predicted octanol–water partition coefficient (Wildman–Crippen LogP) is 4.27. The highest BCUT2D eigenvalue weighted by molar-refractivity contribution is 5.91. The van der Waals surface area contributed by atoms with Crippen molar-refractivity contribution in [3.63, 3.8) is 0 Å².